The van der Waals surface area contributed by atoms with Crippen molar-refractivity contribution in [3.63, 3.8) is 0 Å². The smallest absolute Gasteiger partial charge is 0.337 e. The molecule has 0 aliphatic carbocycles. The predicted octanol–water partition coefficient (Wildman–Crippen LogP) is 2.07. The molecule has 0 heterocycles. The first-order valence-corrected chi connectivity index (χ1v) is 3.67. The molecule has 0 amide bonds. The fourth-order valence-corrected chi connectivity index (χ4v) is 0.645. The molecule has 0 unspecified atom stereocenters. The Bertz CT molecular complexity index is 178. The maximum Gasteiger partial charge on any atom is 0.337 e. The van der Waals surface area contributed by atoms with E-state index in [1.165, 1.54) is 7.11 Å². The van der Waals surface area contributed by atoms with Gasteiger partial charge in [-0.2, -0.15) is 0 Å². The fourth-order valence-electron chi connectivity index (χ4n) is 0.645. The van der Waals surface area contributed by atoms with Crippen LogP contribution in [0.15, 0.2) is 23.8 Å². The van der Waals surface area contributed by atoms with Crippen molar-refractivity contribution in [1.82, 2.24) is 0 Å². The van der Waals surface area contributed by atoms with Crippen molar-refractivity contribution in [2.75, 3.05) is 7.11 Å². The normalized spacial score (nSPS) is 12.1. The van der Waals surface area contributed by atoms with Gasteiger partial charge in [-0.1, -0.05) is 25.2 Å². The quantitative estimate of drug-likeness (QED) is 0.353. The Morgan fingerprint density at radius 3 is 2.55 bits per heavy atom. The first kappa shape index (κ1) is 9.95. The molecule has 0 saturated heterocycles. The van der Waals surface area contributed by atoms with Gasteiger partial charge in [0.05, 0.1) is 12.7 Å². The summed E-state index contributed by atoms with van der Waals surface area (Å²) in [6.07, 6.45) is 6.35. The second-order valence-corrected chi connectivity index (χ2v) is 2.05. The molecule has 2 heteroatoms. The number of ether oxygens (including phenoxy) is 1. The van der Waals surface area contributed by atoms with Crippen molar-refractivity contribution in [2.45, 2.75) is 20.3 Å². The maximum atomic E-state index is 10.9. The van der Waals surface area contributed by atoms with E-state index in [1.807, 2.05) is 19.9 Å². The molecule has 0 saturated carbocycles. The number of hydrogen-bond acceptors (Lipinski definition) is 2. The zero-order chi connectivity index (χ0) is 8.69. The number of hydrogen-bond donors (Lipinski definition) is 0. The first-order chi connectivity index (χ1) is 5.26. The molecule has 0 aliphatic heterocycles. The van der Waals surface area contributed by atoms with E-state index in [2.05, 4.69) is 4.74 Å². The van der Waals surface area contributed by atoms with E-state index in [9.17, 15) is 4.79 Å². The molecule has 0 N–H and O–H groups in total. The number of methoxy groups -OCH3 is 1. The van der Waals surface area contributed by atoms with Crippen LogP contribution in [0.4, 0.5) is 0 Å². The van der Waals surface area contributed by atoms with Gasteiger partial charge in [-0.3, -0.25) is 0 Å². The summed E-state index contributed by atoms with van der Waals surface area (Å²) in [5.41, 5.74) is 0.606. The molecule has 0 radical (unpaired) electrons. The molecular weight excluding hydrogens is 140 g/mol. The summed E-state index contributed by atoms with van der Waals surface area (Å²) in [6, 6.07) is 0. The lowest BCUT2D eigenvalue weighted by Crippen LogP contribution is -2.01. The highest BCUT2D eigenvalue weighted by atomic mass is 16.5. The second kappa shape index (κ2) is 5.71. The molecule has 11 heavy (non-hydrogen) atoms. The third-order valence-electron chi connectivity index (χ3n) is 1.27. The Morgan fingerprint density at radius 2 is 2.18 bits per heavy atom. The number of carbonyl (C=O) groups is 1. The Labute approximate surface area is 67.6 Å². The topological polar surface area (TPSA) is 26.3 Å². The highest BCUT2D eigenvalue weighted by Gasteiger charge is 2.02. The summed E-state index contributed by atoms with van der Waals surface area (Å²) in [5, 5.41) is 0. The lowest BCUT2D eigenvalue weighted by atomic mass is 10.2. The van der Waals surface area contributed by atoms with Crippen molar-refractivity contribution in [2.24, 2.45) is 0 Å². The van der Waals surface area contributed by atoms with E-state index in [0.717, 1.165) is 6.42 Å². The summed E-state index contributed by atoms with van der Waals surface area (Å²) < 4.78 is 4.54. The molecule has 0 spiro atoms. The van der Waals surface area contributed by atoms with Gasteiger partial charge in [-0.05, 0) is 13.3 Å². The van der Waals surface area contributed by atoms with E-state index in [1.54, 1.807) is 12.2 Å². The van der Waals surface area contributed by atoms with E-state index in [0.29, 0.717) is 5.57 Å². The molecule has 0 aromatic rings. The molecule has 0 aromatic carbocycles. The summed E-state index contributed by atoms with van der Waals surface area (Å²) in [5.74, 6) is -0.280. The molecule has 0 bridgehead atoms. The molecule has 0 fully saturated rings. The lowest BCUT2D eigenvalue weighted by molar-refractivity contribution is -0.135. The molecule has 0 aliphatic rings. The van der Waals surface area contributed by atoms with Crippen molar-refractivity contribution >= 4 is 5.97 Å². The molecule has 0 aromatic heterocycles. The Hall–Kier alpha value is -1.05. The van der Waals surface area contributed by atoms with Gasteiger partial charge >= 0.3 is 5.97 Å². The highest BCUT2D eigenvalue weighted by molar-refractivity contribution is 5.91. The van der Waals surface area contributed by atoms with Crippen molar-refractivity contribution in [3.8, 4) is 0 Å². The van der Waals surface area contributed by atoms with Gasteiger partial charge in [0.1, 0.15) is 0 Å². The number of esters is 1. The van der Waals surface area contributed by atoms with Gasteiger partial charge in [-0.15, -0.1) is 0 Å². The van der Waals surface area contributed by atoms with E-state index in [4.69, 9.17) is 0 Å². The first-order valence-electron chi connectivity index (χ1n) is 3.67. The minimum atomic E-state index is -0.280. The molecule has 0 atom stereocenters. The summed E-state index contributed by atoms with van der Waals surface area (Å²) in [7, 11) is 1.38. The van der Waals surface area contributed by atoms with E-state index >= 15 is 0 Å². The average molecular weight is 154 g/mol. The minimum absolute atomic E-state index is 0.280. The van der Waals surface area contributed by atoms with Gasteiger partial charge < -0.3 is 4.74 Å². The van der Waals surface area contributed by atoms with E-state index in [-0.39, 0.29) is 5.97 Å². The van der Waals surface area contributed by atoms with Crippen LogP contribution in [0.3, 0.4) is 0 Å². The maximum absolute atomic E-state index is 10.9. The molecule has 0 rings (SSSR count). The predicted molar refractivity (Wildman–Crippen MR) is 45.2 cm³/mol. The third-order valence-corrected chi connectivity index (χ3v) is 1.27. The largest absolute Gasteiger partial charge is 0.465 e. The SMILES string of the molecule is CC=C(C=CCC)C(=O)OC. The van der Waals surface area contributed by atoms with Crippen LogP contribution >= 0.6 is 0 Å². The third kappa shape index (κ3) is 3.61. The Kier molecular flexibility index (Phi) is 5.17. The van der Waals surface area contributed by atoms with Crippen LogP contribution in [0.1, 0.15) is 20.3 Å². The van der Waals surface area contributed by atoms with Crippen LogP contribution in [0.2, 0.25) is 0 Å². The number of carbonyl (C=O) groups excluding carboxylic acids is 1. The lowest BCUT2D eigenvalue weighted by Gasteiger charge is -1.96. The van der Waals surface area contributed by atoms with Crippen molar-refractivity contribution < 1.29 is 9.53 Å². The summed E-state index contributed by atoms with van der Waals surface area (Å²) >= 11 is 0. The van der Waals surface area contributed by atoms with Crippen molar-refractivity contribution in [1.29, 1.82) is 0 Å². The molecule has 62 valence electrons. The van der Waals surface area contributed by atoms with Gasteiger partial charge in [0.25, 0.3) is 0 Å². The van der Waals surface area contributed by atoms with Gasteiger partial charge in [0.15, 0.2) is 0 Å². The van der Waals surface area contributed by atoms with E-state index < -0.39 is 0 Å². The monoisotopic (exact) mass is 154 g/mol. The number of rotatable bonds is 3. The standard InChI is InChI=1S/C9H14O2/c1-4-6-7-8(5-2)9(10)11-3/h5-7H,4H2,1-3H3. The fraction of sp³-hybridized carbons (Fsp3) is 0.444. The average Bonchev–Trinajstić information content (AvgIpc) is 2.05. The zero-order valence-corrected chi connectivity index (χ0v) is 7.26. The van der Waals surface area contributed by atoms with Crippen LogP contribution in [-0.4, -0.2) is 13.1 Å². The van der Waals surface area contributed by atoms with Crippen LogP contribution in [0.25, 0.3) is 0 Å². The van der Waals surface area contributed by atoms with Crippen LogP contribution < -0.4 is 0 Å². The number of allylic oxidation sites excluding steroid dienone is 2. The second-order valence-electron chi connectivity index (χ2n) is 2.05. The van der Waals surface area contributed by atoms with Gasteiger partial charge in [0, 0.05) is 0 Å². The molecule has 2 nitrogen and oxygen atoms in total. The Morgan fingerprint density at radius 1 is 1.55 bits per heavy atom. The van der Waals surface area contributed by atoms with Crippen LogP contribution in [0.5, 0.6) is 0 Å². The van der Waals surface area contributed by atoms with Crippen molar-refractivity contribution in [3.05, 3.63) is 23.8 Å². The van der Waals surface area contributed by atoms with Crippen LogP contribution in [-0.2, 0) is 9.53 Å². The van der Waals surface area contributed by atoms with Gasteiger partial charge in [-0.25, -0.2) is 4.79 Å². The van der Waals surface area contributed by atoms with Crippen LogP contribution in [0, 0.1) is 0 Å². The minimum Gasteiger partial charge on any atom is -0.465 e. The summed E-state index contributed by atoms with van der Waals surface area (Å²) in [6.45, 7) is 3.83. The van der Waals surface area contributed by atoms with Gasteiger partial charge in [0.2, 0.25) is 0 Å². The Balaban J connectivity index is 4.19. The highest BCUT2D eigenvalue weighted by Crippen LogP contribution is 1.99. The molecular formula is C9H14O2. The zero-order valence-electron chi connectivity index (χ0n) is 7.26. The summed E-state index contributed by atoms with van der Waals surface area (Å²) in [4.78, 5) is 10.9.